The third-order valence-electron chi connectivity index (χ3n) is 5.65. The monoisotopic (exact) mass is 522 g/mol. The second-order valence-electron chi connectivity index (χ2n) is 7.63. The first-order chi connectivity index (χ1) is 14.1. The van der Waals surface area contributed by atoms with Gasteiger partial charge < -0.3 is 20.0 Å². The largest absolute Gasteiger partial charge is 0.354 e. The molecule has 0 bridgehead atoms. The first-order valence-corrected chi connectivity index (χ1v) is 10.5. The molecule has 3 rings (SSSR count). The van der Waals surface area contributed by atoms with Gasteiger partial charge in [0.25, 0.3) is 0 Å². The number of hydrogen-bond donors (Lipinski definition) is 1. The summed E-state index contributed by atoms with van der Waals surface area (Å²) in [6.45, 7) is 11.4. The van der Waals surface area contributed by atoms with Crippen molar-refractivity contribution in [2.75, 3.05) is 51.7 Å². The van der Waals surface area contributed by atoms with Crippen LogP contribution in [-0.2, 0) is 13.1 Å². The SMILES string of the molecule is CCN1CCN(c2cc(CNC(=NC)N(C)Cc3ccccc3C)ccn2)CC1.I. The van der Waals surface area contributed by atoms with Crippen LogP contribution in [0.5, 0.6) is 0 Å². The average Bonchev–Trinajstić information content (AvgIpc) is 2.76. The van der Waals surface area contributed by atoms with Crippen LogP contribution in [0.3, 0.4) is 0 Å². The van der Waals surface area contributed by atoms with Crippen LogP contribution >= 0.6 is 24.0 Å². The molecule has 1 aliphatic heterocycles. The van der Waals surface area contributed by atoms with Gasteiger partial charge in [-0.3, -0.25) is 4.99 Å². The highest BCUT2D eigenvalue weighted by atomic mass is 127. The maximum Gasteiger partial charge on any atom is 0.193 e. The lowest BCUT2D eigenvalue weighted by molar-refractivity contribution is 0.270. The Morgan fingerprint density at radius 3 is 2.57 bits per heavy atom. The van der Waals surface area contributed by atoms with Crippen LogP contribution in [0.1, 0.15) is 23.6 Å². The van der Waals surface area contributed by atoms with Gasteiger partial charge in [-0.05, 0) is 42.3 Å². The number of aryl methyl sites for hydroxylation is 1. The van der Waals surface area contributed by atoms with E-state index in [9.17, 15) is 0 Å². The van der Waals surface area contributed by atoms with Crippen molar-refractivity contribution >= 4 is 35.8 Å². The van der Waals surface area contributed by atoms with E-state index in [0.717, 1.165) is 57.6 Å². The summed E-state index contributed by atoms with van der Waals surface area (Å²) in [6, 6.07) is 12.8. The second kappa shape index (κ2) is 12.1. The Bertz CT molecular complexity index is 817. The van der Waals surface area contributed by atoms with Gasteiger partial charge in [0.05, 0.1) is 0 Å². The fourth-order valence-corrected chi connectivity index (χ4v) is 3.72. The standard InChI is InChI=1S/C23H34N6.HI/c1-5-28-12-14-29(15-13-28)22-16-20(10-11-25-22)17-26-23(24-3)27(4)18-21-9-7-6-8-19(21)2;/h6-11,16H,5,12-15,17-18H2,1-4H3,(H,24,26);1H. The molecule has 1 aliphatic rings. The van der Waals surface area contributed by atoms with E-state index in [1.807, 2.05) is 13.2 Å². The third kappa shape index (κ3) is 6.57. The molecule has 1 N–H and O–H groups in total. The minimum absolute atomic E-state index is 0. The van der Waals surface area contributed by atoms with Gasteiger partial charge in [0.15, 0.2) is 5.96 Å². The average molecular weight is 522 g/mol. The molecule has 0 saturated carbocycles. The van der Waals surface area contributed by atoms with Crippen LogP contribution < -0.4 is 10.2 Å². The van der Waals surface area contributed by atoms with E-state index in [0.29, 0.717) is 0 Å². The summed E-state index contributed by atoms with van der Waals surface area (Å²) in [7, 11) is 3.91. The molecule has 0 amide bonds. The Labute approximate surface area is 198 Å². The zero-order chi connectivity index (χ0) is 20.6. The van der Waals surface area contributed by atoms with Crippen molar-refractivity contribution in [3.63, 3.8) is 0 Å². The number of benzene rings is 1. The molecule has 0 spiro atoms. The highest BCUT2D eigenvalue weighted by Gasteiger charge is 2.17. The summed E-state index contributed by atoms with van der Waals surface area (Å²) in [6.07, 6.45) is 1.92. The first-order valence-electron chi connectivity index (χ1n) is 10.5. The summed E-state index contributed by atoms with van der Waals surface area (Å²) in [5.41, 5.74) is 3.84. The maximum absolute atomic E-state index is 4.60. The molecule has 164 valence electrons. The van der Waals surface area contributed by atoms with E-state index >= 15 is 0 Å². The van der Waals surface area contributed by atoms with Gasteiger partial charge in [0, 0.05) is 59.6 Å². The van der Waals surface area contributed by atoms with Crippen molar-refractivity contribution < 1.29 is 0 Å². The molecule has 0 aliphatic carbocycles. The number of rotatable bonds is 6. The number of nitrogens with zero attached hydrogens (tertiary/aromatic N) is 5. The maximum atomic E-state index is 4.60. The summed E-state index contributed by atoms with van der Waals surface area (Å²) in [5.74, 6) is 1.96. The molecule has 1 saturated heterocycles. The van der Waals surface area contributed by atoms with Gasteiger partial charge in [-0.2, -0.15) is 0 Å². The molecule has 30 heavy (non-hydrogen) atoms. The minimum atomic E-state index is 0. The highest BCUT2D eigenvalue weighted by Crippen LogP contribution is 2.15. The summed E-state index contributed by atoms with van der Waals surface area (Å²) in [5, 5.41) is 3.49. The fraction of sp³-hybridized carbons (Fsp3) is 0.478. The van der Waals surface area contributed by atoms with E-state index in [1.165, 1.54) is 16.7 Å². The van der Waals surface area contributed by atoms with Gasteiger partial charge in [-0.1, -0.05) is 31.2 Å². The minimum Gasteiger partial charge on any atom is -0.354 e. The van der Waals surface area contributed by atoms with E-state index in [1.54, 1.807) is 0 Å². The molecule has 0 atom stereocenters. The predicted octanol–water partition coefficient (Wildman–Crippen LogP) is 3.36. The van der Waals surface area contributed by atoms with Crippen molar-refractivity contribution in [2.45, 2.75) is 26.9 Å². The molecular weight excluding hydrogens is 487 g/mol. The molecular formula is C23H35IN6. The van der Waals surface area contributed by atoms with Gasteiger partial charge in [-0.15, -0.1) is 24.0 Å². The normalized spacial score (nSPS) is 14.9. The molecule has 0 radical (unpaired) electrons. The Balaban J connectivity index is 0.00000320. The molecule has 2 heterocycles. The van der Waals surface area contributed by atoms with Crippen LogP contribution in [0.15, 0.2) is 47.6 Å². The molecule has 6 nitrogen and oxygen atoms in total. The number of aromatic nitrogens is 1. The number of aliphatic imine (C=N–C) groups is 1. The third-order valence-corrected chi connectivity index (χ3v) is 5.65. The van der Waals surface area contributed by atoms with Crippen LogP contribution in [0, 0.1) is 6.92 Å². The Morgan fingerprint density at radius 1 is 1.17 bits per heavy atom. The molecule has 1 fully saturated rings. The predicted molar refractivity (Wildman–Crippen MR) is 137 cm³/mol. The summed E-state index contributed by atoms with van der Waals surface area (Å²) >= 11 is 0. The Morgan fingerprint density at radius 2 is 1.90 bits per heavy atom. The summed E-state index contributed by atoms with van der Waals surface area (Å²) in [4.78, 5) is 16.1. The number of anilines is 1. The fourth-order valence-electron chi connectivity index (χ4n) is 3.72. The van der Waals surface area contributed by atoms with Crippen molar-refractivity contribution in [3.8, 4) is 0 Å². The van der Waals surface area contributed by atoms with Gasteiger partial charge in [0.1, 0.15) is 5.82 Å². The van der Waals surface area contributed by atoms with Crippen LogP contribution in [0.25, 0.3) is 0 Å². The number of halogens is 1. The lowest BCUT2D eigenvalue weighted by atomic mass is 10.1. The van der Waals surface area contributed by atoms with Crippen LogP contribution in [0.4, 0.5) is 5.82 Å². The van der Waals surface area contributed by atoms with Crippen molar-refractivity contribution in [1.82, 2.24) is 20.1 Å². The van der Waals surface area contributed by atoms with E-state index < -0.39 is 0 Å². The molecule has 1 aromatic heterocycles. The highest BCUT2D eigenvalue weighted by molar-refractivity contribution is 14.0. The molecule has 0 unspecified atom stereocenters. The van der Waals surface area contributed by atoms with Crippen LogP contribution in [0.2, 0.25) is 0 Å². The molecule has 7 heteroatoms. The Hall–Kier alpha value is -1.87. The number of pyridine rings is 1. The topological polar surface area (TPSA) is 47.0 Å². The van der Waals surface area contributed by atoms with Gasteiger partial charge in [0.2, 0.25) is 0 Å². The summed E-state index contributed by atoms with van der Waals surface area (Å²) < 4.78 is 0. The second-order valence-corrected chi connectivity index (χ2v) is 7.63. The smallest absolute Gasteiger partial charge is 0.193 e. The van der Waals surface area contributed by atoms with E-state index in [4.69, 9.17) is 0 Å². The van der Waals surface area contributed by atoms with E-state index in [-0.39, 0.29) is 24.0 Å². The quantitative estimate of drug-likeness (QED) is 0.358. The molecule has 1 aromatic carbocycles. The van der Waals surface area contributed by atoms with Crippen molar-refractivity contribution in [3.05, 3.63) is 59.3 Å². The lowest BCUT2D eigenvalue weighted by Crippen LogP contribution is -2.46. The number of nitrogens with one attached hydrogen (secondary N) is 1. The number of hydrogen-bond acceptors (Lipinski definition) is 4. The number of piperazine rings is 1. The van der Waals surface area contributed by atoms with E-state index in [2.05, 4.69) is 87.3 Å². The zero-order valence-corrected chi connectivity index (χ0v) is 21.0. The number of guanidine groups is 1. The van der Waals surface area contributed by atoms with Gasteiger partial charge in [-0.25, -0.2) is 4.98 Å². The van der Waals surface area contributed by atoms with Crippen molar-refractivity contribution in [1.29, 1.82) is 0 Å². The van der Waals surface area contributed by atoms with Crippen LogP contribution in [-0.4, -0.2) is 67.6 Å². The van der Waals surface area contributed by atoms with Crippen molar-refractivity contribution in [2.24, 2.45) is 4.99 Å². The lowest BCUT2D eigenvalue weighted by Gasteiger charge is -2.34. The Kier molecular flexibility index (Phi) is 9.84. The molecule has 2 aromatic rings. The number of likely N-dealkylation sites (N-methyl/N-ethyl adjacent to an activating group) is 1. The zero-order valence-electron chi connectivity index (χ0n) is 18.6. The van der Waals surface area contributed by atoms with Gasteiger partial charge >= 0.3 is 0 Å². The first kappa shape index (κ1) is 24.4.